The first-order chi connectivity index (χ1) is 12.3. The van der Waals surface area contributed by atoms with Gasteiger partial charge in [-0.2, -0.15) is 0 Å². The van der Waals surface area contributed by atoms with Crippen LogP contribution in [0.15, 0.2) is 30.3 Å². The molecule has 2 rings (SSSR count). The molecule has 0 saturated carbocycles. The lowest BCUT2D eigenvalue weighted by molar-refractivity contribution is -0.144. The van der Waals surface area contributed by atoms with Crippen molar-refractivity contribution < 1.29 is 19.2 Å². The molecule has 1 saturated heterocycles. The molecule has 1 aliphatic rings. The number of hydrogen-bond acceptors (Lipinski definition) is 4. The van der Waals surface area contributed by atoms with Crippen molar-refractivity contribution in [3.05, 3.63) is 35.9 Å². The molecule has 140 valence electrons. The van der Waals surface area contributed by atoms with E-state index in [1.54, 1.807) is 6.92 Å². The highest BCUT2D eigenvalue weighted by Crippen LogP contribution is 2.21. The highest BCUT2D eigenvalue weighted by atomic mass is 16.2. The van der Waals surface area contributed by atoms with Crippen LogP contribution in [-0.4, -0.2) is 46.6 Å². The molecular formula is C19H25N3O4. The van der Waals surface area contributed by atoms with Crippen molar-refractivity contribution in [3.8, 4) is 0 Å². The molecule has 1 fully saturated rings. The molecule has 1 heterocycles. The van der Waals surface area contributed by atoms with Gasteiger partial charge in [-0.3, -0.25) is 19.3 Å². The highest BCUT2D eigenvalue weighted by Gasteiger charge is 2.44. The van der Waals surface area contributed by atoms with Gasteiger partial charge in [0, 0.05) is 6.54 Å². The molecule has 1 aliphatic heterocycles. The Hall–Kier alpha value is -2.70. The zero-order valence-electron chi connectivity index (χ0n) is 15.4. The van der Waals surface area contributed by atoms with Crippen LogP contribution in [-0.2, 0) is 14.4 Å². The number of benzene rings is 1. The molecule has 1 N–H and O–H groups in total. The van der Waals surface area contributed by atoms with Gasteiger partial charge in [-0.25, -0.2) is 9.69 Å². The number of carbonyl (C=O) groups is 4. The summed E-state index contributed by atoms with van der Waals surface area (Å²) >= 11 is 0. The van der Waals surface area contributed by atoms with E-state index in [2.05, 4.69) is 19.2 Å². The van der Waals surface area contributed by atoms with E-state index >= 15 is 0 Å². The third kappa shape index (κ3) is 4.47. The normalized spacial score (nSPS) is 15.8. The van der Waals surface area contributed by atoms with Crippen LogP contribution in [0, 0.1) is 5.92 Å². The second kappa shape index (κ2) is 8.60. The lowest BCUT2D eigenvalue weighted by Gasteiger charge is -2.22. The zero-order valence-corrected chi connectivity index (χ0v) is 15.4. The Balaban J connectivity index is 2.07. The van der Waals surface area contributed by atoms with Crippen molar-refractivity contribution in [3.63, 3.8) is 0 Å². The van der Waals surface area contributed by atoms with Crippen LogP contribution in [0.5, 0.6) is 0 Å². The molecule has 0 unspecified atom stereocenters. The summed E-state index contributed by atoms with van der Waals surface area (Å²) in [5, 5.41) is 2.88. The number of nitrogens with zero attached hydrogens (tertiary/aromatic N) is 2. The van der Waals surface area contributed by atoms with Crippen molar-refractivity contribution in [1.29, 1.82) is 0 Å². The first-order valence-corrected chi connectivity index (χ1v) is 8.86. The summed E-state index contributed by atoms with van der Waals surface area (Å²) in [7, 11) is 0. The van der Waals surface area contributed by atoms with Crippen molar-refractivity contribution in [2.45, 2.75) is 39.7 Å². The number of urea groups is 1. The van der Waals surface area contributed by atoms with E-state index in [0.29, 0.717) is 17.2 Å². The number of nitrogens with one attached hydrogen (secondary N) is 1. The van der Waals surface area contributed by atoms with Crippen LogP contribution in [0.3, 0.4) is 0 Å². The molecular weight excluding hydrogens is 334 g/mol. The molecule has 26 heavy (non-hydrogen) atoms. The van der Waals surface area contributed by atoms with E-state index in [4.69, 9.17) is 0 Å². The number of hydrogen-bond donors (Lipinski definition) is 1. The first-order valence-electron chi connectivity index (χ1n) is 8.86. The predicted molar refractivity (Wildman–Crippen MR) is 95.9 cm³/mol. The van der Waals surface area contributed by atoms with Crippen LogP contribution < -0.4 is 5.32 Å². The summed E-state index contributed by atoms with van der Waals surface area (Å²) in [6.45, 7) is 5.62. The Bertz CT molecular complexity index is 687. The van der Waals surface area contributed by atoms with E-state index in [1.165, 1.54) is 0 Å². The van der Waals surface area contributed by atoms with Gasteiger partial charge in [0.2, 0.25) is 5.91 Å². The molecule has 7 nitrogen and oxygen atoms in total. The molecule has 0 aromatic heterocycles. The topological polar surface area (TPSA) is 86.8 Å². The van der Waals surface area contributed by atoms with Gasteiger partial charge in [0.15, 0.2) is 0 Å². The van der Waals surface area contributed by atoms with Gasteiger partial charge in [-0.15, -0.1) is 0 Å². The fourth-order valence-corrected chi connectivity index (χ4v) is 2.93. The maximum Gasteiger partial charge on any atom is 0.334 e. The Labute approximate surface area is 153 Å². The summed E-state index contributed by atoms with van der Waals surface area (Å²) in [5.74, 6) is -1.94. The summed E-state index contributed by atoms with van der Waals surface area (Å²) in [4.78, 5) is 50.1. The number of carbonyl (C=O) groups excluding carboxylic acids is 4. The Morgan fingerprint density at radius 3 is 2.23 bits per heavy atom. The maximum atomic E-state index is 12.4. The van der Waals surface area contributed by atoms with Gasteiger partial charge in [0.05, 0.1) is 6.04 Å². The molecule has 0 spiro atoms. The number of imide groups is 2. The van der Waals surface area contributed by atoms with Crippen LogP contribution in [0.1, 0.15) is 45.2 Å². The minimum absolute atomic E-state index is 0.168. The molecule has 1 aromatic rings. The Morgan fingerprint density at radius 2 is 1.65 bits per heavy atom. The molecule has 0 bridgehead atoms. The maximum absolute atomic E-state index is 12.4. The van der Waals surface area contributed by atoms with Crippen LogP contribution in [0.25, 0.3) is 0 Å². The molecule has 7 heteroatoms. The van der Waals surface area contributed by atoms with Gasteiger partial charge >= 0.3 is 17.8 Å². The average molecular weight is 359 g/mol. The third-order valence-electron chi connectivity index (χ3n) is 4.13. The van der Waals surface area contributed by atoms with E-state index in [0.717, 1.165) is 16.9 Å². The number of amides is 5. The van der Waals surface area contributed by atoms with Crippen LogP contribution >= 0.6 is 0 Å². The van der Waals surface area contributed by atoms with Crippen molar-refractivity contribution in [1.82, 2.24) is 15.1 Å². The van der Waals surface area contributed by atoms with E-state index in [-0.39, 0.29) is 12.6 Å². The second-order valence-corrected chi connectivity index (χ2v) is 6.79. The van der Waals surface area contributed by atoms with Crippen molar-refractivity contribution >= 4 is 23.8 Å². The van der Waals surface area contributed by atoms with Gasteiger partial charge in [0.25, 0.3) is 0 Å². The van der Waals surface area contributed by atoms with E-state index in [9.17, 15) is 19.2 Å². The molecule has 1 aromatic carbocycles. The monoisotopic (exact) mass is 359 g/mol. The Morgan fingerprint density at radius 1 is 1.04 bits per heavy atom. The summed E-state index contributed by atoms with van der Waals surface area (Å²) in [6, 6.07) is 8.58. The predicted octanol–water partition coefficient (Wildman–Crippen LogP) is 2.09. The molecule has 0 aliphatic carbocycles. The Kier molecular flexibility index (Phi) is 6.49. The highest BCUT2D eigenvalue weighted by molar-refractivity contribution is 6.45. The van der Waals surface area contributed by atoms with Gasteiger partial charge < -0.3 is 5.32 Å². The minimum atomic E-state index is -0.946. The first kappa shape index (κ1) is 19.6. The smallest absolute Gasteiger partial charge is 0.334 e. The minimum Gasteiger partial charge on any atom is -0.348 e. The summed E-state index contributed by atoms with van der Waals surface area (Å²) in [6.07, 6.45) is 1.27. The fraction of sp³-hybridized carbons (Fsp3) is 0.474. The van der Waals surface area contributed by atoms with E-state index < -0.39 is 30.3 Å². The van der Waals surface area contributed by atoms with Gasteiger partial charge in [-0.05, 0) is 24.3 Å². The van der Waals surface area contributed by atoms with Gasteiger partial charge in [0.1, 0.15) is 6.54 Å². The van der Waals surface area contributed by atoms with Gasteiger partial charge in [-0.1, -0.05) is 51.1 Å². The standard InChI is InChI=1S/C19H25N3O4/c1-4-10-21-17(24)18(25)22(19(21)26)12-16(23)20-15(11-13(2)3)14-8-6-5-7-9-14/h5-9,13,15H,4,10-12H2,1-3H3,(H,20,23)/t15-/m1/s1. The lowest BCUT2D eigenvalue weighted by Crippen LogP contribution is -2.42. The summed E-state index contributed by atoms with van der Waals surface area (Å²) in [5.41, 5.74) is 0.956. The fourth-order valence-electron chi connectivity index (χ4n) is 2.93. The largest absolute Gasteiger partial charge is 0.348 e. The second-order valence-electron chi connectivity index (χ2n) is 6.79. The van der Waals surface area contributed by atoms with E-state index in [1.807, 2.05) is 30.3 Å². The average Bonchev–Trinajstić information content (AvgIpc) is 2.80. The summed E-state index contributed by atoms with van der Waals surface area (Å²) < 4.78 is 0. The molecule has 0 radical (unpaired) electrons. The SMILES string of the molecule is CCCN1C(=O)C(=O)N(CC(=O)N[C@H](CC(C)C)c2ccccc2)C1=O. The molecule has 5 amide bonds. The lowest BCUT2D eigenvalue weighted by atomic mass is 9.97. The zero-order chi connectivity index (χ0) is 19.3. The quantitative estimate of drug-likeness (QED) is 0.569. The number of rotatable bonds is 8. The van der Waals surface area contributed by atoms with Crippen molar-refractivity contribution in [2.24, 2.45) is 5.92 Å². The van der Waals surface area contributed by atoms with Crippen LogP contribution in [0.4, 0.5) is 4.79 Å². The van der Waals surface area contributed by atoms with Crippen molar-refractivity contribution in [2.75, 3.05) is 13.1 Å². The van der Waals surface area contributed by atoms with Crippen LogP contribution in [0.2, 0.25) is 0 Å². The third-order valence-corrected chi connectivity index (χ3v) is 4.13. The molecule has 1 atom stereocenters.